The van der Waals surface area contributed by atoms with Crippen LogP contribution >= 0.6 is 0 Å². The summed E-state index contributed by atoms with van der Waals surface area (Å²) in [5, 5.41) is 0. The van der Waals surface area contributed by atoms with Gasteiger partial charge in [-0.3, -0.25) is 0 Å². The quantitative estimate of drug-likeness (QED) is 0.868. The van der Waals surface area contributed by atoms with Gasteiger partial charge in [0.1, 0.15) is 11.6 Å². The van der Waals surface area contributed by atoms with E-state index < -0.39 is 0 Å². The Labute approximate surface area is 131 Å². The van der Waals surface area contributed by atoms with E-state index in [4.69, 9.17) is 9.47 Å². The molecule has 0 bridgehead atoms. The molecule has 2 aromatic rings. The molecular formula is C18H22N2O2. The Kier molecular flexibility index (Phi) is 3.62. The summed E-state index contributed by atoms with van der Waals surface area (Å²) in [6.45, 7) is 0.800. The first-order valence-electron chi connectivity index (χ1n) is 8.17. The van der Waals surface area contributed by atoms with Crippen molar-refractivity contribution in [2.75, 3.05) is 13.7 Å². The zero-order chi connectivity index (χ0) is 14.9. The van der Waals surface area contributed by atoms with E-state index >= 15 is 0 Å². The highest BCUT2D eigenvalue weighted by molar-refractivity contribution is 5.60. The highest BCUT2D eigenvalue weighted by atomic mass is 16.5. The topological polar surface area (TPSA) is 36.3 Å². The summed E-state index contributed by atoms with van der Waals surface area (Å²) >= 11 is 0. The van der Waals surface area contributed by atoms with Gasteiger partial charge in [0.05, 0.1) is 12.7 Å². The number of methoxy groups -OCH3 is 1. The summed E-state index contributed by atoms with van der Waals surface area (Å²) in [5.41, 5.74) is 2.50. The van der Waals surface area contributed by atoms with Crippen LogP contribution in [0.4, 0.5) is 0 Å². The molecule has 0 radical (unpaired) electrons. The summed E-state index contributed by atoms with van der Waals surface area (Å²) in [5.74, 6) is 2.11. The molecule has 0 spiro atoms. The molecule has 1 fully saturated rings. The number of hydrogen-bond donors (Lipinski definition) is 0. The Bertz CT molecular complexity index is 657. The molecule has 0 unspecified atom stereocenters. The van der Waals surface area contributed by atoms with Crippen LogP contribution in [0.25, 0.3) is 11.4 Å². The van der Waals surface area contributed by atoms with Crippen LogP contribution in [-0.4, -0.2) is 29.4 Å². The molecule has 0 saturated heterocycles. The minimum absolute atomic E-state index is 0.431. The lowest BCUT2D eigenvalue weighted by Gasteiger charge is -2.29. The van der Waals surface area contributed by atoms with Crippen molar-refractivity contribution in [1.82, 2.24) is 9.55 Å². The maximum Gasteiger partial charge on any atom is 0.140 e. The average Bonchev–Trinajstić information content (AvgIpc) is 3.23. The normalized spacial score (nSPS) is 24.0. The first-order valence-corrected chi connectivity index (χ1v) is 8.17. The van der Waals surface area contributed by atoms with Gasteiger partial charge < -0.3 is 14.0 Å². The second kappa shape index (κ2) is 5.76. The zero-order valence-electron chi connectivity index (χ0n) is 13.0. The predicted octanol–water partition coefficient (Wildman–Crippen LogP) is 3.62. The Morgan fingerprint density at radius 3 is 2.91 bits per heavy atom. The van der Waals surface area contributed by atoms with E-state index in [1.807, 2.05) is 13.3 Å². The summed E-state index contributed by atoms with van der Waals surface area (Å²) < 4.78 is 13.4. The third-order valence-corrected chi connectivity index (χ3v) is 4.99. The standard InChI is InChI=1S/C18H22N2O2/c1-21-16-5-3-15(4-6-16)20-10-9-19-18(20)14-2-7-17-13(12-14)8-11-22-17/h2,7,9-10,12,15-16H,3-6,8,11H2,1H3. The second-order valence-corrected chi connectivity index (χ2v) is 6.25. The third-order valence-electron chi connectivity index (χ3n) is 4.99. The molecule has 1 aromatic heterocycles. The third kappa shape index (κ3) is 2.41. The molecule has 1 aliphatic carbocycles. The first kappa shape index (κ1) is 13.8. The first-order chi connectivity index (χ1) is 10.8. The molecule has 1 saturated carbocycles. The highest BCUT2D eigenvalue weighted by Crippen LogP contribution is 2.35. The van der Waals surface area contributed by atoms with E-state index in [-0.39, 0.29) is 0 Å². The Balaban J connectivity index is 1.60. The smallest absolute Gasteiger partial charge is 0.140 e. The largest absolute Gasteiger partial charge is 0.493 e. The van der Waals surface area contributed by atoms with Crippen molar-refractivity contribution in [2.24, 2.45) is 0 Å². The van der Waals surface area contributed by atoms with Crippen LogP contribution < -0.4 is 4.74 Å². The van der Waals surface area contributed by atoms with E-state index in [1.165, 1.54) is 11.1 Å². The Morgan fingerprint density at radius 2 is 2.09 bits per heavy atom. The van der Waals surface area contributed by atoms with Crippen LogP contribution in [0.5, 0.6) is 5.75 Å². The minimum Gasteiger partial charge on any atom is -0.493 e. The molecule has 4 heteroatoms. The van der Waals surface area contributed by atoms with E-state index in [9.17, 15) is 0 Å². The molecule has 0 N–H and O–H groups in total. The van der Waals surface area contributed by atoms with Crippen molar-refractivity contribution in [1.29, 1.82) is 0 Å². The maximum absolute atomic E-state index is 5.60. The lowest BCUT2D eigenvalue weighted by Crippen LogP contribution is -2.22. The van der Waals surface area contributed by atoms with Gasteiger partial charge >= 0.3 is 0 Å². The minimum atomic E-state index is 0.431. The molecule has 22 heavy (non-hydrogen) atoms. The average molecular weight is 298 g/mol. The van der Waals surface area contributed by atoms with Crippen LogP contribution in [-0.2, 0) is 11.2 Å². The van der Waals surface area contributed by atoms with Crippen molar-refractivity contribution in [3.05, 3.63) is 36.2 Å². The molecule has 2 heterocycles. The fourth-order valence-electron chi connectivity index (χ4n) is 3.72. The van der Waals surface area contributed by atoms with Gasteiger partial charge in [0, 0.05) is 37.5 Å². The van der Waals surface area contributed by atoms with Crippen molar-refractivity contribution in [2.45, 2.75) is 44.2 Å². The van der Waals surface area contributed by atoms with Crippen molar-refractivity contribution in [3.63, 3.8) is 0 Å². The van der Waals surface area contributed by atoms with Gasteiger partial charge in [-0.05, 0) is 49.4 Å². The molecule has 116 valence electrons. The summed E-state index contributed by atoms with van der Waals surface area (Å²) in [4.78, 5) is 4.62. The van der Waals surface area contributed by atoms with Crippen molar-refractivity contribution >= 4 is 0 Å². The van der Waals surface area contributed by atoms with E-state index in [1.54, 1.807) is 0 Å². The SMILES string of the molecule is COC1CCC(n2ccnc2-c2ccc3c(c2)CCO3)CC1. The van der Waals surface area contributed by atoms with Crippen LogP contribution in [0.15, 0.2) is 30.6 Å². The zero-order valence-corrected chi connectivity index (χ0v) is 13.0. The predicted molar refractivity (Wildman–Crippen MR) is 85.2 cm³/mol. The summed E-state index contributed by atoms with van der Waals surface area (Å²) in [7, 11) is 1.82. The van der Waals surface area contributed by atoms with Gasteiger partial charge in [0.2, 0.25) is 0 Å². The van der Waals surface area contributed by atoms with Crippen LogP contribution in [0.2, 0.25) is 0 Å². The molecule has 1 aromatic carbocycles. The van der Waals surface area contributed by atoms with Gasteiger partial charge in [-0.15, -0.1) is 0 Å². The Hall–Kier alpha value is -1.81. The lowest BCUT2D eigenvalue weighted by molar-refractivity contribution is 0.0586. The lowest BCUT2D eigenvalue weighted by atomic mass is 9.92. The number of aromatic nitrogens is 2. The number of rotatable bonds is 3. The fourth-order valence-corrected chi connectivity index (χ4v) is 3.72. The second-order valence-electron chi connectivity index (χ2n) is 6.25. The molecule has 4 rings (SSSR count). The van der Waals surface area contributed by atoms with Crippen LogP contribution in [0.3, 0.4) is 0 Å². The van der Waals surface area contributed by atoms with Crippen molar-refractivity contribution in [3.8, 4) is 17.1 Å². The van der Waals surface area contributed by atoms with Crippen LogP contribution in [0.1, 0.15) is 37.3 Å². The number of ether oxygens (including phenoxy) is 2. The van der Waals surface area contributed by atoms with Gasteiger partial charge in [0.15, 0.2) is 0 Å². The number of fused-ring (bicyclic) bond motifs is 1. The number of benzene rings is 1. The molecular weight excluding hydrogens is 276 g/mol. The van der Waals surface area contributed by atoms with Gasteiger partial charge in [0.25, 0.3) is 0 Å². The van der Waals surface area contributed by atoms with Gasteiger partial charge in [-0.1, -0.05) is 0 Å². The molecule has 1 aliphatic heterocycles. The summed E-state index contributed by atoms with van der Waals surface area (Å²) in [6, 6.07) is 6.98. The summed E-state index contributed by atoms with van der Waals surface area (Å²) in [6.07, 6.45) is 10.1. The van der Waals surface area contributed by atoms with Gasteiger partial charge in [-0.25, -0.2) is 4.98 Å². The molecule has 0 amide bonds. The molecule has 4 nitrogen and oxygen atoms in total. The number of nitrogens with zero attached hydrogens (tertiary/aromatic N) is 2. The fraction of sp³-hybridized carbons (Fsp3) is 0.500. The van der Waals surface area contributed by atoms with E-state index in [0.717, 1.165) is 50.3 Å². The van der Waals surface area contributed by atoms with Crippen molar-refractivity contribution < 1.29 is 9.47 Å². The monoisotopic (exact) mass is 298 g/mol. The highest BCUT2D eigenvalue weighted by Gasteiger charge is 2.24. The number of hydrogen-bond acceptors (Lipinski definition) is 3. The molecule has 2 aliphatic rings. The van der Waals surface area contributed by atoms with E-state index in [0.29, 0.717) is 12.1 Å². The van der Waals surface area contributed by atoms with E-state index in [2.05, 4.69) is 33.9 Å². The Morgan fingerprint density at radius 1 is 1.23 bits per heavy atom. The maximum atomic E-state index is 5.60. The molecule has 0 atom stereocenters. The number of imidazole rings is 1. The van der Waals surface area contributed by atoms with Gasteiger partial charge in [-0.2, -0.15) is 0 Å². The van der Waals surface area contributed by atoms with Crippen LogP contribution in [0, 0.1) is 0 Å².